The number of carbonyl (C=O) groups excluding carboxylic acids is 2. The Bertz CT molecular complexity index is 1070. The molecule has 0 saturated carbocycles. The number of rotatable bonds is 6. The summed E-state index contributed by atoms with van der Waals surface area (Å²) in [6.07, 6.45) is 7.19. The molecule has 2 atom stereocenters. The number of hydrogen-bond acceptors (Lipinski definition) is 6. The number of esters is 1. The first-order valence-electron chi connectivity index (χ1n) is 10.8. The predicted molar refractivity (Wildman–Crippen MR) is 120 cm³/mol. The molecule has 1 saturated heterocycles. The molecule has 7 nitrogen and oxygen atoms in total. The van der Waals surface area contributed by atoms with Gasteiger partial charge >= 0.3 is 5.97 Å². The van der Waals surface area contributed by atoms with Crippen LogP contribution in [-0.2, 0) is 32.2 Å². The van der Waals surface area contributed by atoms with Gasteiger partial charge in [0.2, 0.25) is 0 Å². The average molecular weight is 465 g/mol. The van der Waals surface area contributed by atoms with Crippen LogP contribution in [0.2, 0.25) is 0 Å². The number of aromatic nitrogens is 1. The third kappa shape index (κ3) is 4.43. The highest BCUT2D eigenvalue weighted by Gasteiger charge is 2.37. The molecule has 2 aromatic rings. The van der Waals surface area contributed by atoms with Gasteiger partial charge in [0.1, 0.15) is 5.00 Å². The van der Waals surface area contributed by atoms with Crippen molar-refractivity contribution in [2.24, 2.45) is 0 Å². The molecule has 0 radical (unpaired) electrons. The van der Waals surface area contributed by atoms with Crippen molar-refractivity contribution in [1.29, 1.82) is 0 Å². The summed E-state index contributed by atoms with van der Waals surface area (Å²) >= 11 is 1.61. The van der Waals surface area contributed by atoms with Gasteiger partial charge in [0.15, 0.2) is 15.9 Å². The number of ether oxygens (including phenoxy) is 1. The molecule has 1 aliphatic carbocycles. The normalized spacial score (nSPS) is 20.8. The average Bonchev–Trinajstić information content (AvgIpc) is 3.46. The number of nitrogens with zero attached hydrogens (tertiary/aromatic N) is 2. The molecule has 2 aromatic heterocycles. The molecule has 4 rings (SSSR count). The van der Waals surface area contributed by atoms with E-state index in [-0.39, 0.29) is 23.5 Å². The third-order valence-electron chi connectivity index (χ3n) is 6.10. The van der Waals surface area contributed by atoms with Crippen molar-refractivity contribution in [2.75, 3.05) is 18.1 Å². The van der Waals surface area contributed by atoms with Crippen molar-refractivity contribution >= 4 is 33.1 Å². The van der Waals surface area contributed by atoms with E-state index in [1.54, 1.807) is 23.2 Å². The lowest BCUT2D eigenvalue weighted by Crippen LogP contribution is -2.46. The second-order valence-electron chi connectivity index (χ2n) is 8.21. The summed E-state index contributed by atoms with van der Waals surface area (Å²) < 4.78 is 31.3. The molecule has 168 valence electrons. The van der Waals surface area contributed by atoms with Gasteiger partial charge in [0, 0.05) is 29.9 Å². The summed E-state index contributed by atoms with van der Waals surface area (Å²) in [5.41, 5.74) is 1.60. The van der Waals surface area contributed by atoms with E-state index >= 15 is 0 Å². The standard InChI is InChI=1S/C22H28N2O5S2/c1-3-24(16-10-13-31(27,28)14-16)20(25)15(2)29-22(26)19-17-8-4-5-9-18(17)30-21(19)23-11-6-7-12-23/h6-7,11-12,15-16H,3-5,8-10,13-14H2,1-2H3. The summed E-state index contributed by atoms with van der Waals surface area (Å²) in [4.78, 5) is 29.0. The zero-order valence-electron chi connectivity index (χ0n) is 17.9. The van der Waals surface area contributed by atoms with Crippen LogP contribution in [0.4, 0.5) is 0 Å². The van der Waals surface area contributed by atoms with Crippen LogP contribution in [0.15, 0.2) is 24.5 Å². The maximum absolute atomic E-state index is 13.2. The maximum atomic E-state index is 13.2. The molecule has 3 heterocycles. The van der Waals surface area contributed by atoms with E-state index in [4.69, 9.17) is 4.74 Å². The lowest BCUT2D eigenvalue weighted by Gasteiger charge is -2.29. The molecular formula is C22H28N2O5S2. The Morgan fingerprint density at radius 3 is 2.61 bits per heavy atom. The monoisotopic (exact) mass is 464 g/mol. The van der Waals surface area contributed by atoms with Gasteiger partial charge in [-0.05, 0) is 63.6 Å². The van der Waals surface area contributed by atoms with Crippen molar-refractivity contribution < 1.29 is 22.7 Å². The van der Waals surface area contributed by atoms with Gasteiger partial charge in [-0.25, -0.2) is 13.2 Å². The molecule has 2 unspecified atom stereocenters. The zero-order valence-corrected chi connectivity index (χ0v) is 19.5. The van der Waals surface area contributed by atoms with Gasteiger partial charge in [0.25, 0.3) is 5.91 Å². The van der Waals surface area contributed by atoms with Crippen LogP contribution in [0.3, 0.4) is 0 Å². The van der Waals surface area contributed by atoms with E-state index in [0.29, 0.717) is 18.5 Å². The number of sulfone groups is 1. The Labute approximate surface area is 186 Å². The lowest BCUT2D eigenvalue weighted by molar-refractivity contribution is -0.141. The fourth-order valence-corrected chi connectivity index (χ4v) is 7.61. The molecule has 0 bridgehead atoms. The van der Waals surface area contributed by atoms with E-state index in [2.05, 4.69) is 0 Å². The SMILES string of the molecule is CCN(C(=O)C(C)OC(=O)c1c(-n2cccc2)sc2c1CCCC2)C1CCS(=O)(=O)C1. The van der Waals surface area contributed by atoms with Crippen LogP contribution in [0.5, 0.6) is 0 Å². The van der Waals surface area contributed by atoms with Crippen LogP contribution in [-0.4, -0.2) is 60.0 Å². The molecule has 9 heteroatoms. The number of aryl methyl sites for hydroxylation is 1. The largest absolute Gasteiger partial charge is 0.449 e. The first kappa shape index (κ1) is 22.1. The molecule has 1 amide bonds. The third-order valence-corrected chi connectivity index (χ3v) is 9.16. The fraction of sp³-hybridized carbons (Fsp3) is 0.545. The van der Waals surface area contributed by atoms with Gasteiger partial charge < -0.3 is 14.2 Å². The first-order valence-corrected chi connectivity index (χ1v) is 13.4. The first-order chi connectivity index (χ1) is 14.8. The summed E-state index contributed by atoms with van der Waals surface area (Å²) in [5.74, 6) is -0.761. The van der Waals surface area contributed by atoms with Crippen LogP contribution < -0.4 is 0 Å². The summed E-state index contributed by atoms with van der Waals surface area (Å²) in [6, 6.07) is 3.47. The zero-order chi connectivity index (χ0) is 22.2. The smallest absolute Gasteiger partial charge is 0.342 e. The Balaban J connectivity index is 1.55. The molecule has 0 aromatic carbocycles. The van der Waals surface area contributed by atoms with Crippen molar-refractivity contribution in [3.8, 4) is 5.00 Å². The molecule has 31 heavy (non-hydrogen) atoms. The van der Waals surface area contributed by atoms with E-state index in [0.717, 1.165) is 36.2 Å². The van der Waals surface area contributed by atoms with Crippen molar-refractivity contribution in [3.63, 3.8) is 0 Å². The van der Waals surface area contributed by atoms with Crippen LogP contribution in [0.1, 0.15) is 53.9 Å². The quantitative estimate of drug-likeness (QED) is 0.614. The van der Waals surface area contributed by atoms with E-state index < -0.39 is 21.9 Å². The Morgan fingerprint density at radius 1 is 1.26 bits per heavy atom. The minimum absolute atomic E-state index is 0.0247. The van der Waals surface area contributed by atoms with Crippen molar-refractivity contribution in [3.05, 3.63) is 40.5 Å². The number of thiophene rings is 1. The molecular weight excluding hydrogens is 436 g/mol. The molecule has 0 N–H and O–H groups in total. The summed E-state index contributed by atoms with van der Waals surface area (Å²) in [7, 11) is -3.11. The topological polar surface area (TPSA) is 85.7 Å². The number of fused-ring (bicyclic) bond motifs is 1. The van der Waals surface area contributed by atoms with Crippen LogP contribution in [0.25, 0.3) is 5.00 Å². The van der Waals surface area contributed by atoms with Gasteiger partial charge in [-0.3, -0.25) is 4.79 Å². The highest BCUT2D eigenvalue weighted by Crippen LogP contribution is 2.37. The fourth-order valence-electron chi connectivity index (χ4n) is 4.53. The van der Waals surface area contributed by atoms with Gasteiger partial charge in [-0.1, -0.05) is 0 Å². The molecule has 1 fully saturated rings. The molecule has 1 aliphatic heterocycles. The molecule has 0 spiro atoms. The second kappa shape index (κ2) is 8.78. The minimum atomic E-state index is -3.11. The van der Waals surface area contributed by atoms with E-state index in [9.17, 15) is 18.0 Å². The van der Waals surface area contributed by atoms with E-state index in [1.807, 2.05) is 36.0 Å². The van der Waals surface area contributed by atoms with Crippen molar-refractivity contribution in [2.45, 2.75) is 58.1 Å². The minimum Gasteiger partial charge on any atom is -0.449 e. The second-order valence-corrected chi connectivity index (χ2v) is 11.5. The van der Waals surface area contributed by atoms with Crippen LogP contribution in [0, 0.1) is 0 Å². The van der Waals surface area contributed by atoms with Gasteiger partial charge in [-0.15, -0.1) is 11.3 Å². The Morgan fingerprint density at radius 2 is 1.97 bits per heavy atom. The number of hydrogen-bond donors (Lipinski definition) is 0. The number of amides is 1. The van der Waals surface area contributed by atoms with Crippen molar-refractivity contribution in [1.82, 2.24) is 9.47 Å². The van der Waals surface area contributed by atoms with Gasteiger partial charge in [-0.2, -0.15) is 0 Å². The summed E-state index contributed by atoms with van der Waals surface area (Å²) in [6.45, 7) is 3.76. The maximum Gasteiger partial charge on any atom is 0.342 e. The number of carbonyl (C=O) groups is 2. The van der Waals surface area contributed by atoms with Crippen LogP contribution >= 0.6 is 11.3 Å². The Kier molecular flexibility index (Phi) is 6.25. The molecule has 2 aliphatic rings. The highest BCUT2D eigenvalue weighted by atomic mass is 32.2. The van der Waals surface area contributed by atoms with Gasteiger partial charge in [0.05, 0.1) is 17.1 Å². The highest BCUT2D eigenvalue weighted by molar-refractivity contribution is 7.91. The predicted octanol–water partition coefficient (Wildman–Crippen LogP) is 3.00. The van der Waals surface area contributed by atoms with E-state index in [1.165, 1.54) is 4.88 Å². The summed E-state index contributed by atoms with van der Waals surface area (Å²) in [5, 5.41) is 0.829. The lowest BCUT2D eigenvalue weighted by atomic mass is 9.95. The number of likely N-dealkylation sites (N-methyl/N-ethyl adjacent to an activating group) is 1. The Hall–Kier alpha value is -2.13.